The molecule has 0 bridgehead atoms. The van der Waals surface area contributed by atoms with Crippen molar-refractivity contribution in [2.24, 2.45) is 5.41 Å². The van der Waals surface area contributed by atoms with Crippen LogP contribution in [-0.4, -0.2) is 23.1 Å². The Labute approximate surface area is 99.8 Å². The van der Waals surface area contributed by atoms with Gasteiger partial charge in [-0.15, -0.1) is 0 Å². The van der Waals surface area contributed by atoms with E-state index >= 15 is 0 Å². The van der Waals surface area contributed by atoms with Gasteiger partial charge in [0, 0.05) is 11.3 Å². The molecule has 1 fully saturated rings. The summed E-state index contributed by atoms with van der Waals surface area (Å²) in [7, 11) is 0. The van der Waals surface area contributed by atoms with Gasteiger partial charge in [0.25, 0.3) is 0 Å². The second-order valence-electron chi connectivity index (χ2n) is 5.79. The molecule has 0 aliphatic heterocycles. The molecular weight excluding hydrogens is 202 g/mol. The maximum absolute atomic E-state index is 3.66. The van der Waals surface area contributed by atoms with E-state index in [0.29, 0.717) is 5.41 Å². The first-order valence-corrected chi connectivity index (χ1v) is 7.28. The zero-order chi connectivity index (χ0) is 11.5. The molecule has 90 valence electrons. The zero-order valence-corrected chi connectivity index (χ0v) is 11.8. The van der Waals surface area contributed by atoms with Gasteiger partial charge in [-0.1, -0.05) is 34.6 Å². The summed E-state index contributed by atoms with van der Waals surface area (Å²) in [5, 5.41) is 5.23. The van der Waals surface area contributed by atoms with Crippen molar-refractivity contribution in [2.75, 3.05) is 6.54 Å². The summed E-state index contributed by atoms with van der Waals surface area (Å²) in [6, 6.07) is 0.746. The molecule has 1 N–H and O–H groups in total. The number of thioether (sulfide) groups is 1. The number of nitrogens with one attached hydrogen (secondary N) is 1. The van der Waals surface area contributed by atoms with E-state index in [1.807, 2.05) is 0 Å². The quantitative estimate of drug-likeness (QED) is 0.789. The summed E-state index contributed by atoms with van der Waals surface area (Å²) in [5.41, 5.74) is 0.554. The average molecular weight is 229 g/mol. The van der Waals surface area contributed by atoms with Crippen molar-refractivity contribution >= 4 is 11.8 Å². The fourth-order valence-electron chi connectivity index (χ4n) is 2.51. The van der Waals surface area contributed by atoms with E-state index in [1.54, 1.807) is 0 Å². The van der Waals surface area contributed by atoms with Crippen LogP contribution in [0.4, 0.5) is 0 Å². The number of hydrogen-bond acceptors (Lipinski definition) is 2. The van der Waals surface area contributed by atoms with Crippen molar-refractivity contribution in [3.63, 3.8) is 0 Å². The van der Waals surface area contributed by atoms with Crippen LogP contribution in [0.5, 0.6) is 0 Å². The van der Waals surface area contributed by atoms with Gasteiger partial charge in [-0.3, -0.25) is 0 Å². The molecule has 0 aromatic heterocycles. The Balaban J connectivity index is 2.56. The first-order chi connectivity index (χ1) is 6.94. The predicted molar refractivity (Wildman–Crippen MR) is 71.6 cm³/mol. The third kappa shape index (κ3) is 4.36. The molecule has 2 atom stereocenters. The molecule has 0 radical (unpaired) electrons. The van der Waals surface area contributed by atoms with Crippen molar-refractivity contribution in [3.8, 4) is 0 Å². The van der Waals surface area contributed by atoms with Crippen LogP contribution in [0.25, 0.3) is 0 Å². The second-order valence-corrected chi connectivity index (χ2v) is 7.61. The first-order valence-electron chi connectivity index (χ1n) is 6.33. The second kappa shape index (κ2) is 5.58. The minimum Gasteiger partial charge on any atom is -0.313 e. The normalized spacial score (nSPS) is 30.8. The largest absolute Gasteiger partial charge is 0.313 e. The van der Waals surface area contributed by atoms with Crippen LogP contribution in [0.2, 0.25) is 0 Å². The molecule has 0 saturated heterocycles. The van der Waals surface area contributed by atoms with Gasteiger partial charge in [-0.2, -0.15) is 11.8 Å². The standard InChI is InChI=1S/C13H27NS/c1-6-14-11-7-8-13(4,5)9-12(11)15-10(2)3/h10-12,14H,6-9H2,1-5H3. The molecule has 0 spiro atoms. The first kappa shape index (κ1) is 13.4. The van der Waals surface area contributed by atoms with Crippen molar-refractivity contribution < 1.29 is 0 Å². The lowest BCUT2D eigenvalue weighted by Crippen LogP contribution is -2.45. The molecule has 1 rings (SSSR count). The molecule has 2 heteroatoms. The van der Waals surface area contributed by atoms with Gasteiger partial charge in [-0.05, 0) is 36.5 Å². The summed E-state index contributed by atoms with van der Waals surface area (Å²) >= 11 is 2.16. The lowest BCUT2D eigenvalue weighted by atomic mass is 9.75. The molecule has 15 heavy (non-hydrogen) atoms. The van der Waals surface area contributed by atoms with Crippen LogP contribution in [0.3, 0.4) is 0 Å². The van der Waals surface area contributed by atoms with E-state index < -0.39 is 0 Å². The Bertz CT molecular complexity index is 189. The summed E-state index contributed by atoms with van der Waals surface area (Å²) in [6.07, 6.45) is 4.10. The van der Waals surface area contributed by atoms with Gasteiger partial charge in [0.05, 0.1) is 0 Å². The van der Waals surface area contributed by atoms with Gasteiger partial charge >= 0.3 is 0 Å². The average Bonchev–Trinajstić information content (AvgIpc) is 2.08. The zero-order valence-electron chi connectivity index (χ0n) is 11.0. The van der Waals surface area contributed by atoms with E-state index in [4.69, 9.17) is 0 Å². The Kier molecular flexibility index (Phi) is 4.98. The van der Waals surface area contributed by atoms with Crippen molar-refractivity contribution in [1.82, 2.24) is 5.32 Å². The van der Waals surface area contributed by atoms with E-state index in [-0.39, 0.29) is 0 Å². The fourth-order valence-corrected chi connectivity index (χ4v) is 4.18. The molecule has 1 aliphatic rings. The third-order valence-corrected chi connectivity index (χ3v) is 4.64. The fraction of sp³-hybridized carbons (Fsp3) is 1.00. The van der Waals surface area contributed by atoms with E-state index in [9.17, 15) is 0 Å². The van der Waals surface area contributed by atoms with Crippen molar-refractivity contribution in [2.45, 2.75) is 70.4 Å². The maximum atomic E-state index is 3.66. The predicted octanol–water partition coefficient (Wildman–Crippen LogP) is 3.68. The third-order valence-electron chi connectivity index (χ3n) is 3.25. The van der Waals surface area contributed by atoms with E-state index in [2.05, 4.69) is 51.7 Å². The molecule has 0 aromatic carbocycles. The summed E-state index contributed by atoms with van der Waals surface area (Å²) in [6.45, 7) is 12.8. The topological polar surface area (TPSA) is 12.0 Å². The molecular formula is C13H27NS. The van der Waals surface area contributed by atoms with E-state index in [0.717, 1.165) is 23.1 Å². The van der Waals surface area contributed by atoms with Crippen LogP contribution in [0.15, 0.2) is 0 Å². The van der Waals surface area contributed by atoms with Crippen LogP contribution in [0, 0.1) is 5.41 Å². The Hall–Kier alpha value is 0.310. The number of rotatable bonds is 4. The molecule has 0 amide bonds. The van der Waals surface area contributed by atoms with Crippen LogP contribution >= 0.6 is 11.8 Å². The Morgan fingerprint density at radius 1 is 1.40 bits per heavy atom. The number of hydrogen-bond donors (Lipinski definition) is 1. The summed E-state index contributed by atoms with van der Waals surface area (Å²) in [5.74, 6) is 0. The minimum atomic E-state index is 0.554. The van der Waals surface area contributed by atoms with Gasteiger partial charge in [-0.25, -0.2) is 0 Å². The van der Waals surface area contributed by atoms with Gasteiger partial charge in [0.2, 0.25) is 0 Å². The van der Waals surface area contributed by atoms with Crippen molar-refractivity contribution in [3.05, 3.63) is 0 Å². The van der Waals surface area contributed by atoms with Gasteiger partial charge in [0.15, 0.2) is 0 Å². The summed E-state index contributed by atoms with van der Waals surface area (Å²) in [4.78, 5) is 0. The van der Waals surface area contributed by atoms with Crippen LogP contribution in [-0.2, 0) is 0 Å². The molecule has 0 heterocycles. The van der Waals surface area contributed by atoms with Gasteiger partial charge < -0.3 is 5.32 Å². The van der Waals surface area contributed by atoms with Gasteiger partial charge in [0.1, 0.15) is 0 Å². The van der Waals surface area contributed by atoms with Crippen LogP contribution < -0.4 is 5.32 Å². The monoisotopic (exact) mass is 229 g/mol. The molecule has 1 saturated carbocycles. The highest BCUT2D eigenvalue weighted by molar-refractivity contribution is 8.00. The molecule has 1 nitrogen and oxygen atoms in total. The lowest BCUT2D eigenvalue weighted by molar-refractivity contribution is 0.215. The maximum Gasteiger partial charge on any atom is 0.0208 e. The highest BCUT2D eigenvalue weighted by Gasteiger charge is 2.34. The van der Waals surface area contributed by atoms with Crippen LogP contribution in [0.1, 0.15) is 53.9 Å². The Morgan fingerprint density at radius 2 is 2.07 bits per heavy atom. The highest BCUT2D eigenvalue weighted by Crippen LogP contribution is 2.41. The minimum absolute atomic E-state index is 0.554. The van der Waals surface area contributed by atoms with Crippen molar-refractivity contribution in [1.29, 1.82) is 0 Å². The van der Waals surface area contributed by atoms with E-state index in [1.165, 1.54) is 19.3 Å². The smallest absolute Gasteiger partial charge is 0.0208 e. The molecule has 1 aliphatic carbocycles. The molecule has 2 unspecified atom stereocenters. The SMILES string of the molecule is CCNC1CCC(C)(C)CC1SC(C)C. The highest BCUT2D eigenvalue weighted by atomic mass is 32.2. The molecule has 0 aromatic rings. The summed E-state index contributed by atoms with van der Waals surface area (Å²) < 4.78 is 0. The Morgan fingerprint density at radius 3 is 2.60 bits per heavy atom. The lowest BCUT2D eigenvalue weighted by Gasteiger charge is -2.41.